The molecule has 2 aromatic carbocycles. The van der Waals surface area contributed by atoms with Gasteiger partial charge in [0.1, 0.15) is 17.3 Å². The molecule has 146 valence electrons. The Morgan fingerprint density at radius 3 is 2.64 bits per heavy atom. The van der Waals surface area contributed by atoms with E-state index in [0.717, 1.165) is 5.56 Å². The van der Waals surface area contributed by atoms with Gasteiger partial charge >= 0.3 is 0 Å². The number of carbonyl (C=O) groups is 1. The quantitative estimate of drug-likeness (QED) is 0.704. The van der Waals surface area contributed by atoms with Crippen LogP contribution in [-0.4, -0.2) is 32.7 Å². The lowest BCUT2D eigenvalue weighted by Gasteiger charge is -2.13. The molecule has 1 aromatic heterocycles. The molecule has 0 saturated heterocycles. The zero-order valence-electron chi connectivity index (χ0n) is 16.2. The Bertz CT molecular complexity index is 1000. The summed E-state index contributed by atoms with van der Waals surface area (Å²) in [7, 11) is 0. The maximum absolute atomic E-state index is 14.1. The van der Waals surface area contributed by atoms with Gasteiger partial charge in [0.2, 0.25) is 0 Å². The monoisotopic (exact) mass is 383 g/mol. The van der Waals surface area contributed by atoms with Crippen LogP contribution in [-0.2, 0) is 4.79 Å². The molecule has 1 N–H and O–H groups in total. The van der Waals surface area contributed by atoms with Crippen molar-refractivity contribution >= 4 is 11.6 Å². The largest absolute Gasteiger partial charge is 0.484 e. The zero-order valence-corrected chi connectivity index (χ0v) is 16.2. The molecule has 8 heteroatoms. The molecule has 0 aliphatic carbocycles. The van der Waals surface area contributed by atoms with Gasteiger partial charge < -0.3 is 10.1 Å². The van der Waals surface area contributed by atoms with Crippen molar-refractivity contribution in [3.63, 3.8) is 0 Å². The molecular weight excluding hydrogens is 361 g/mol. The van der Waals surface area contributed by atoms with Crippen LogP contribution in [0.15, 0.2) is 36.4 Å². The van der Waals surface area contributed by atoms with Crippen LogP contribution < -0.4 is 10.1 Å². The minimum atomic E-state index is -0.495. The molecule has 3 aromatic rings. The van der Waals surface area contributed by atoms with Gasteiger partial charge in [-0.25, -0.2) is 4.39 Å². The molecule has 3 rings (SSSR count). The number of aryl methyl sites for hydroxylation is 2. The molecule has 0 radical (unpaired) electrons. The Hall–Kier alpha value is -3.29. The standard InChI is InChI=1S/C20H22FN5O2/c1-12(2)17-7-6-16(9-13(17)3)28-11-20(27)22-15-5-8-18(21)19(10-15)26-14(4)23-24-25-26/h5-10,12H,11H2,1-4H3,(H,22,27). The molecule has 28 heavy (non-hydrogen) atoms. The fourth-order valence-electron chi connectivity index (χ4n) is 2.94. The summed E-state index contributed by atoms with van der Waals surface area (Å²) >= 11 is 0. The van der Waals surface area contributed by atoms with Crippen LogP contribution in [0.3, 0.4) is 0 Å². The zero-order chi connectivity index (χ0) is 20.3. The van der Waals surface area contributed by atoms with Crippen LogP contribution in [0.1, 0.15) is 36.7 Å². The van der Waals surface area contributed by atoms with Crippen molar-refractivity contribution in [2.75, 3.05) is 11.9 Å². The minimum absolute atomic E-state index is 0.154. The molecule has 0 atom stereocenters. The molecular formula is C20H22FN5O2. The molecule has 1 heterocycles. The van der Waals surface area contributed by atoms with Crippen molar-refractivity contribution in [1.82, 2.24) is 20.2 Å². The van der Waals surface area contributed by atoms with Crippen LogP contribution >= 0.6 is 0 Å². The molecule has 1 amide bonds. The van der Waals surface area contributed by atoms with Crippen LogP contribution in [0.25, 0.3) is 5.69 Å². The summed E-state index contributed by atoms with van der Waals surface area (Å²) < 4.78 is 20.9. The number of hydrogen-bond donors (Lipinski definition) is 1. The van der Waals surface area contributed by atoms with Gasteiger partial charge in [-0.05, 0) is 71.7 Å². The first-order chi connectivity index (χ1) is 13.3. The highest BCUT2D eigenvalue weighted by Crippen LogP contribution is 2.23. The molecule has 0 bridgehead atoms. The van der Waals surface area contributed by atoms with Crippen molar-refractivity contribution in [2.24, 2.45) is 0 Å². The van der Waals surface area contributed by atoms with Crippen LogP contribution in [0.4, 0.5) is 10.1 Å². The minimum Gasteiger partial charge on any atom is -0.484 e. The molecule has 0 unspecified atom stereocenters. The summed E-state index contributed by atoms with van der Waals surface area (Å²) in [5, 5.41) is 13.7. The second-order valence-electron chi connectivity index (χ2n) is 6.81. The van der Waals surface area contributed by atoms with Crippen LogP contribution in [0, 0.1) is 19.7 Å². The smallest absolute Gasteiger partial charge is 0.262 e. The van der Waals surface area contributed by atoms with E-state index in [1.54, 1.807) is 6.92 Å². The highest BCUT2D eigenvalue weighted by atomic mass is 19.1. The van der Waals surface area contributed by atoms with Crippen molar-refractivity contribution in [3.8, 4) is 11.4 Å². The molecule has 0 aliphatic heterocycles. The van der Waals surface area contributed by atoms with E-state index in [1.807, 2.05) is 25.1 Å². The number of tetrazole rings is 1. The average Bonchev–Trinajstić information content (AvgIpc) is 3.07. The number of carbonyl (C=O) groups excluding carboxylic acids is 1. The molecule has 0 aliphatic rings. The number of benzene rings is 2. The number of nitrogens with zero attached hydrogens (tertiary/aromatic N) is 4. The summed E-state index contributed by atoms with van der Waals surface area (Å²) in [5.41, 5.74) is 2.94. The van der Waals surface area contributed by atoms with E-state index in [-0.39, 0.29) is 18.2 Å². The van der Waals surface area contributed by atoms with Crippen LogP contribution in [0.2, 0.25) is 0 Å². The second-order valence-corrected chi connectivity index (χ2v) is 6.81. The lowest BCUT2D eigenvalue weighted by atomic mass is 9.98. The van der Waals surface area contributed by atoms with Gasteiger partial charge in [0.15, 0.2) is 12.4 Å². The highest BCUT2D eigenvalue weighted by Gasteiger charge is 2.12. The second kappa shape index (κ2) is 8.16. The third-order valence-corrected chi connectivity index (χ3v) is 4.32. The van der Waals surface area contributed by atoms with E-state index >= 15 is 0 Å². The topological polar surface area (TPSA) is 81.9 Å². The Kier molecular flexibility index (Phi) is 5.67. The van der Waals surface area contributed by atoms with Gasteiger partial charge in [0, 0.05) is 5.69 Å². The van der Waals surface area contributed by atoms with E-state index in [0.29, 0.717) is 23.2 Å². The average molecular weight is 383 g/mol. The Labute approximate surface area is 162 Å². The lowest BCUT2D eigenvalue weighted by Crippen LogP contribution is -2.20. The van der Waals surface area contributed by atoms with Gasteiger partial charge in [0.25, 0.3) is 5.91 Å². The number of aromatic nitrogens is 4. The first-order valence-corrected chi connectivity index (χ1v) is 8.93. The molecule has 0 fully saturated rings. The van der Waals surface area contributed by atoms with E-state index in [2.05, 4.69) is 34.7 Å². The fraction of sp³-hybridized carbons (Fsp3) is 0.300. The van der Waals surface area contributed by atoms with Crippen molar-refractivity contribution in [3.05, 3.63) is 59.2 Å². The van der Waals surface area contributed by atoms with E-state index < -0.39 is 5.82 Å². The third-order valence-electron chi connectivity index (χ3n) is 4.32. The van der Waals surface area contributed by atoms with E-state index in [9.17, 15) is 9.18 Å². The third kappa shape index (κ3) is 4.33. The number of halogens is 1. The summed E-state index contributed by atoms with van der Waals surface area (Å²) in [6, 6.07) is 9.97. The Morgan fingerprint density at radius 1 is 1.21 bits per heavy atom. The normalized spacial score (nSPS) is 10.9. The maximum atomic E-state index is 14.1. The highest BCUT2D eigenvalue weighted by molar-refractivity contribution is 5.92. The summed E-state index contributed by atoms with van der Waals surface area (Å²) in [6.45, 7) is 7.78. The van der Waals surface area contributed by atoms with Crippen molar-refractivity contribution in [2.45, 2.75) is 33.6 Å². The predicted molar refractivity (Wildman–Crippen MR) is 103 cm³/mol. The summed E-state index contributed by atoms with van der Waals surface area (Å²) in [5.74, 6) is 0.642. The Balaban J connectivity index is 1.66. The number of hydrogen-bond acceptors (Lipinski definition) is 5. The first kappa shape index (κ1) is 19.5. The van der Waals surface area contributed by atoms with Gasteiger partial charge in [0.05, 0.1) is 0 Å². The Morgan fingerprint density at radius 2 is 2.00 bits per heavy atom. The molecule has 0 saturated carbocycles. The van der Waals surface area contributed by atoms with Gasteiger partial charge in [-0.2, -0.15) is 4.68 Å². The van der Waals surface area contributed by atoms with E-state index in [4.69, 9.17) is 4.74 Å². The fourth-order valence-corrected chi connectivity index (χ4v) is 2.94. The molecule has 0 spiro atoms. The van der Waals surface area contributed by atoms with Crippen molar-refractivity contribution < 1.29 is 13.9 Å². The van der Waals surface area contributed by atoms with Gasteiger partial charge in [-0.1, -0.05) is 19.9 Å². The number of rotatable bonds is 6. The lowest BCUT2D eigenvalue weighted by molar-refractivity contribution is -0.118. The predicted octanol–water partition coefficient (Wildman–Crippen LogP) is 3.56. The van der Waals surface area contributed by atoms with Crippen LogP contribution in [0.5, 0.6) is 5.75 Å². The number of anilines is 1. The van der Waals surface area contributed by atoms with Gasteiger partial charge in [-0.15, -0.1) is 5.10 Å². The summed E-state index contributed by atoms with van der Waals surface area (Å²) in [6.07, 6.45) is 0. The number of nitrogens with one attached hydrogen (secondary N) is 1. The molecule has 7 nitrogen and oxygen atoms in total. The number of amides is 1. The van der Waals surface area contributed by atoms with Gasteiger partial charge in [-0.3, -0.25) is 4.79 Å². The summed E-state index contributed by atoms with van der Waals surface area (Å²) in [4.78, 5) is 12.2. The maximum Gasteiger partial charge on any atom is 0.262 e. The van der Waals surface area contributed by atoms with Crippen molar-refractivity contribution in [1.29, 1.82) is 0 Å². The first-order valence-electron chi connectivity index (χ1n) is 8.93. The number of ether oxygens (including phenoxy) is 1. The van der Waals surface area contributed by atoms with E-state index in [1.165, 1.54) is 28.4 Å². The SMILES string of the molecule is Cc1cc(OCC(=O)Nc2ccc(F)c(-n3nnnc3C)c2)ccc1C(C)C.